The molecule has 0 spiro atoms. The van der Waals surface area contributed by atoms with E-state index >= 15 is 0 Å². The van der Waals surface area contributed by atoms with Gasteiger partial charge < -0.3 is 0 Å². The average molecular weight is 999 g/mol. The molecular weight excluding hydrogens is 903 g/mol. The second kappa shape index (κ2) is 20.4. The van der Waals surface area contributed by atoms with Gasteiger partial charge in [0.15, 0.2) is 0 Å². The molecular formula is C70H96P2. The van der Waals surface area contributed by atoms with E-state index in [1.165, 1.54) is 76.9 Å². The van der Waals surface area contributed by atoms with Gasteiger partial charge in [0.2, 0.25) is 0 Å². The molecule has 0 saturated carbocycles. The maximum Gasteiger partial charge on any atom is 0.0236 e. The van der Waals surface area contributed by atoms with Crippen LogP contribution in [0.15, 0.2) is 133 Å². The van der Waals surface area contributed by atoms with Gasteiger partial charge in [-0.3, -0.25) is 0 Å². The van der Waals surface area contributed by atoms with Crippen LogP contribution >= 0.6 is 15.8 Å². The van der Waals surface area contributed by atoms with Crippen LogP contribution in [0.5, 0.6) is 0 Å². The van der Waals surface area contributed by atoms with Crippen LogP contribution in [-0.2, 0) is 43.3 Å². The summed E-state index contributed by atoms with van der Waals surface area (Å²) in [6.45, 7) is 57.7. The van der Waals surface area contributed by atoms with Crippen molar-refractivity contribution in [3.8, 4) is 0 Å². The first-order valence-corrected chi connectivity index (χ1v) is 29.9. The van der Waals surface area contributed by atoms with E-state index in [1.54, 1.807) is 0 Å². The second-order valence-electron chi connectivity index (χ2n) is 29.5. The topological polar surface area (TPSA) is 0 Å². The summed E-state index contributed by atoms with van der Waals surface area (Å²) in [4.78, 5) is 0. The molecule has 0 heterocycles. The van der Waals surface area contributed by atoms with Crippen molar-refractivity contribution in [3.05, 3.63) is 189 Å². The number of rotatable bonds is 9. The molecule has 0 aliphatic carbocycles. The summed E-state index contributed by atoms with van der Waals surface area (Å²) < 4.78 is 0. The Kier molecular flexibility index (Phi) is 16.3. The van der Waals surface area contributed by atoms with Gasteiger partial charge in [-0.1, -0.05) is 300 Å². The van der Waals surface area contributed by atoms with E-state index in [9.17, 15) is 0 Å². The fourth-order valence-corrected chi connectivity index (χ4v) is 16.4. The Labute approximate surface area is 444 Å². The maximum atomic E-state index is 2.65. The van der Waals surface area contributed by atoms with Crippen LogP contribution in [0.3, 0.4) is 0 Å². The summed E-state index contributed by atoms with van der Waals surface area (Å²) in [5.74, 6) is 0. The Balaban J connectivity index is 1.97. The van der Waals surface area contributed by atoms with E-state index < -0.39 is 15.8 Å². The predicted octanol–water partition coefficient (Wildman–Crippen LogP) is 19.1. The van der Waals surface area contributed by atoms with Gasteiger partial charge in [-0.05, 0) is 136 Å². The van der Waals surface area contributed by atoms with Gasteiger partial charge in [-0.25, -0.2) is 0 Å². The number of benzene rings is 6. The number of hydrogen-bond donors (Lipinski definition) is 0. The predicted molar refractivity (Wildman–Crippen MR) is 326 cm³/mol. The molecule has 0 aliphatic heterocycles. The van der Waals surface area contributed by atoms with Crippen LogP contribution in [-0.4, -0.2) is 0 Å². The minimum absolute atomic E-state index is 0.0535. The van der Waals surface area contributed by atoms with E-state index in [-0.39, 0.29) is 54.6 Å². The molecule has 2 unspecified atom stereocenters. The molecule has 0 saturated heterocycles. The van der Waals surface area contributed by atoms with Crippen LogP contribution in [0, 0.1) is 0 Å². The van der Waals surface area contributed by atoms with Crippen LogP contribution in [0.4, 0.5) is 0 Å². The molecule has 2 heteroatoms. The van der Waals surface area contributed by atoms with Crippen molar-refractivity contribution in [1.82, 2.24) is 0 Å². The van der Waals surface area contributed by atoms with Gasteiger partial charge in [-0.15, -0.1) is 0 Å². The highest BCUT2D eigenvalue weighted by molar-refractivity contribution is 7.77. The van der Waals surface area contributed by atoms with Gasteiger partial charge in [0.05, 0.1) is 0 Å². The fraction of sp³-hybridized carbons (Fsp3) is 0.486. The molecule has 0 aromatic heterocycles. The lowest BCUT2D eigenvalue weighted by Crippen LogP contribution is -2.31. The molecule has 6 rings (SSSR count). The first-order valence-electron chi connectivity index (χ1n) is 27.1. The van der Waals surface area contributed by atoms with Crippen LogP contribution < -0.4 is 21.2 Å². The third kappa shape index (κ3) is 13.5. The van der Waals surface area contributed by atoms with Crippen molar-refractivity contribution in [2.24, 2.45) is 0 Å². The van der Waals surface area contributed by atoms with E-state index in [0.29, 0.717) is 0 Å². The molecule has 0 amide bonds. The SMILES string of the molecule is CC(C)(C)c1cc(P(c2cc(C(C)(C)C)cc(C(C)(C)C)c2)C(c2ccccc2)C(c2ccccc2)P(c2cc(C(C)(C)C)cc(C(C)(C)C)c2)c2cc(C(C)(C)C)cc(C(C)(C)C)c2)cc(C(C)(C)C)c1. The molecule has 386 valence electrons. The normalized spacial score (nSPS) is 14.5. The fourth-order valence-electron chi connectivity index (χ4n) is 9.65. The summed E-state index contributed by atoms with van der Waals surface area (Å²) in [5.41, 5.74) is 13.8. The Morgan fingerprint density at radius 1 is 0.222 bits per heavy atom. The molecule has 0 aliphatic rings. The minimum atomic E-state index is -1.12. The molecule has 0 nitrogen and oxygen atoms in total. The van der Waals surface area contributed by atoms with E-state index in [4.69, 9.17) is 0 Å². The maximum absolute atomic E-state index is 2.65. The molecule has 0 radical (unpaired) electrons. The molecule has 2 atom stereocenters. The summed E-state index contributed by atoms with van der Waals surface area (Å²) in [7, 11) is -2.25. The first-order chi connectivity index (χ1) is 32.7. The molecule has 0 fully saturated rings. The summed E-state index contributed by atoms with van der Waals surface area (Å²) in [6.07, 6.45) is 0. The molecule has 72 heavy (non-hydrogen) atoms. The zero-order valence-corrected chi connectivity index (χ0v) is 51.5. The second-order valence-corrected chi connectivity index (χ2v) is 34.2. The third-order valence-corrected chi connectivity index (χ3v) is 20.6. The number of hydrogen-bond acceptors (Lipinski definition) is 0. The lowest BCUT2D eigenvalue weighted by atomic mass is 9.81. The van der Waals surface area contributed by atoms with Crippen LogP contribution in [0.25, 0.3) is 0 Å². The summed E-state index contributed by atoms with van der Waals surface area (Å²) >= 11 is 0. The minimum Gasteiger partial charge on any atom is -0.0622 e. The van der Waals surface area contributed by atoms with Crippen molar-refractivity contribution < 1.29 is 0 Å². The van der Waals surface area contributed by atoms with Crippen LogP contribution in [0.1, 0.15) is 233 Å². The van der Waals surface area contributed by atoms with Crippen molar-refractivity contribution in [1.29, 1.82) is 0 Å². The Hall–Kier alpha value is -3.82. The zero-order chi connectivity index (χ0) is 53.9. The van der Waals surface area contributed by atoms with Gasteiger partial charge >= 0.3 is 0 Å². The first kappa shape index (κ1) is 57.5. The largest absolute Gasteiger partial charge is 0.0622 e. The summed E-state index contributed by atoms with van der Waals surface area (Å²) in [6, 6.07) is 55.0. The molecule has 0 N–H and O–H groups in total. The Morgan fingerprint density at radius 2 is 0.375 bits per heavy atom. The Morgan fingerprint density at radius 3 is 0.514 bits per heavy atom. The van der Waals surface area contributed by atoms with Crippen molar-refractivity contribution in [3.63, 3.8) is 0 Å². The van der Waals surface area contributed by atoms with E-state index in [2.05, 4.69) is 300 Å². The zero-order valence-electron chi connectivity index (χ0n) is 49.8. The van der Waals surface area contributed by atoms with Gasteiger partial charge in [0, 0.05) is 11.3 Å². The van der Waals surface area contributed by atoms with E-state index in [1.807, 2.05) is 0 Å². The molecule has 6 aromatic carbocycles. The van der Waals surface area contributed by atoms with Crippen molar-refractivity contribution in [2.75, 3.05) is 0 Å². The lowest BCUT2D eigenvalue weighted by Gasteiger charge is -2.43. The highest BCUT2D eigenvalue weighted by atomic mass is 31.1. The van der Waals surface area contributed by atoms with E-state index in [0.717, 1.165) is 0 Å². The van der Waals surface area contributed by atoms with Gasteiger partial charge in [0.25, 0.3) is 0 Å². The quantitative estimate of drug-likeness (QED) is 0.127. The summed E-state index contributed by atoms with van der Waals surface area (Å²) in [5, 5.41) is 5.87. The smallest absolute Gasteiger partial charge is 0.0236 e. The molecule has 0 bridgehead atoms. The highest BCUT2D eigenvalue weighted by Gasteiger charge is 2.43. The third-order valence-electron chi connectivity index (χ3n) is 14.8. The Bertz CT molecular complexity index is 2330. The van der Waals surface area contributed by atoms with Gasteiger partial charge in [0.1, 0.15) is 0 Å². The van der Waals surface area contributed by atoms with Crippen molar-refractivity contribution >= 4 is 37.1 Å². The molecule has 6 aromatic rings. The standard InChI is InChI=1S/C70H96P2/c1-63(2,3)49-35-50(64(4,5)6)40-57(39-49)71(58-41-51(65(7,8)9)36-52(42-58)66(10,11)12)61(47-31-27-25-28-32-47)62(48-33-29-26-30-34-48)72(59-43-53(67(13,14)15)37-54(44-59)68(16,17)18)60-45-55(69(19,20)21)38-56(46-60)70(22,23)24/h25-46,61-62H,1-24H3. The monoisotopic (exact) mass is 999 g/mol. The van der Waals surface area contributed by atoms with Gasteiger partial charge in [-0.2, -0.15) is 0 Å². The average Bonchev–Trinajstić information content (AvgIpc) is 3.25. The van der Waals surface area contributed by atoms with Crippen molar-refractivity contribution in [2.45, 2.75) is 221 Å². The lowest BCUT2D eigenvalue weighted by molar-refractivity contribution is 0.568. The highest BCUT2D eigenvalue weighted by Crippen LogP contribution is 2.67. The van der Waals surface area contributed by atoms with Crippen LogP contribution in [0.2, 0.25) is 0 Å².